The van der Waals surface area contributed by atoms with Gasteiger partial charge >= 0.3 is 5.97 Å². The van der Waals surface area contributed by atoms with Crippen molar-refractivity contribution in [2.75, 3.05) is 0 Å². The van der Waals surface area contributed by atoms with Gasteiger partial charge in [0.15, 0.2) is 0 Å². The number of aryl methyl sites for hydroxylation is 1. The molecule has 0 saturated carbocycles. The SMILES string of the molecule is Cn1nc(CC(=O)OCc2csc(COc3ccc(F)cc3)n2)c2ccccc2c1=O. The molecule has 0 saturated heterocycles. The fraction of sp³-hybridized carbons (Fsp3) is 0.182. The van der Waals surface area contributed by atoms with Gasteiger partial charge in [-0.05, 0) is 30.3 Å². The van der Waals surface area contributed by atoms with Gasteiger partial charge in [-0.2, -0.15) is 5.10 Å². The van der Waals surface area contributed by atoms with Crippen LogP contribution in [0.3, 0.4) is 0 Å². The first-order valence-corrected chi connectivity index (χ1v) is 10.3. The fourth-order valence-corrected chi connectivity index (χ4v) is 3.70. The van der Waals surface area contributed by atoms with E-state index in [1.165, 1.54) is 28.2 Å². The quantitative estimate of drug-likeness (QED) is 0.411. The van der Waals surface area contributed by atoms with E-state index >= 15 is 0 Å². The van der Waals surface area contributed by atoms with E-state index in [9.17, 15) is 14.0 Å². The first kappa shape index (κ1) is 20.7. The summed E-state index contributed by atoms with van der Waals surface area (Å²) >= 11 is 1.38. The van der Waals surface area contributed by atoms with Crippen molar-refractivity contribution in [3.63, 3.8) is 0 Å². The second kappa shape index (κ2) is 9.05. The summed E-state index contributed by atoms with van der Waals surface area (Å²) in [5.41, 5.74) is 0.870. The molecule has 0 amide bonds. The number of carbonyl (C=O) groups excluding carboxylic acids is 1. The van der Waals surface area contributed by atoms with Gasteiger partial charge in [-0.1, -0.05) is 18.2 Å². The Labute approximate surface area is 180 Å². The van der Waals surface area contributed by atoms with Crippen LogP contribution in [0, 0.1) is 5.82 Å². The van der Waals surface area contributed by atoms with Gasteiger partial charge in [0.1, 0.15) is 29.8 Å². The maximum absolute atomic E-state index is 12.9. The second-order valence-corrected chi connectivity index (χ2v) is 7.68. The fourth-order valence-electron chi connectivity index (χ4n) is 3.01. The van der Waals surface area contributed by atoms with E-state index in [0.29, 0.717) is 32.9 Å². The third-order valence-electron chi connectivity index (χ3n) is 4.50. The molecule has 2 aromatic carbocycles. The molecule has 0 bridgehead atoms. The van der Waals surface area contributed by atoms with Crippen molar-refractivity contribution in [3.05, 3.63) is 86.5 Å². The minimum absolute atomic E-state index is 0.0234. The molecule has 4 aromatic rings. The van der Waals surface area contributed by atoms with Gasteiger partial charge in [-0.25, -0.2) is 14.1 Å². The number of ether oxygens (including phenoxy) is 2. The lowest BCUT2D eigenvalue weighted by atomic mass is 10.1. The van der Waals surface area contributed by atoms with Crippen molar-refractivity contribution in [3.8, 4) is 5.75 Å². The number of nitrogens with zero attached hydrogens (tertiary/aromatic N) is 3. The van der Waals surface area contributed by atoms with Crippen LogP contribution in [-0.2, 0) is 36.2 Å². The average molecular weight is 439 g/mol. The molecule has 2 heterocycles. The summed E-state index contributed by atoms with van der Waals surface area (Å²) < 4.78 is 25.0. The third-order valence-corrected chi connectivity index (χ3v) is 5.37. The summed E-state index contributed by atoms with van der Waals surface area (Å²) in [6.07, 6.45) is -0.0562. The molecular formula is C22H18FN3O4S. The smallest absolute Gasteiger partial charge is 0.312 e. The molecule has 0 aliphatic carbocycles. The van der Waals surface area contributed by atoms with Crippen molar-refractivity contribution >= 4 is 28.1 Å². The van der Waals surface area contributed by atoms with Crippen LogP contribution in [0.2, 0.25) is 0 Å². The Balaban J connectivity index is 1.35. The van der Waals surface area contributed by atoms with E-state index in [-0.39, 0.29) is 31.0 Å². The molecule has 0 unspecified atom stereocenters. The predicted molar refractivity (Wildman–Crippen MR) is 113 cm³/mol. The Morgan fingerprint density at radius 1 is 1.10 bits per heavy atom. The minimum atomic E-state index is -0.464. The van der Waals surface area contributed by atoms with E-state index in [0.717, 1.165) is 0 Å². The highest BCUT2D eigenvalue weighted by Gasteiger charge is 2.14. The summed E-state index contributed by atoms with van der Waals surface area (Å²) in [5, 5.41) is 7.85. The van der Waals surface area contributed by atoms with Crippen molar-refractivity contribution in [2.24, 2.45) is 7.05 Å². The monoisotopic (exact) mass is 439 g/mol. The van der Waals surface area contributed by atoms with Gasteiger partial charge in [-0.3, -0.25) is 9.59 Å². The molecule has 0 atom stereocenters. The summed E-state index contributed by atoms with van der Waals surface area (Å²) in [6.45, 7) is 0.258. The zero-order chi connectivity index (χ0) is 21.8. The molecular weight excluding hydrogens is 421 g/mol. The summed E-state index contributed by atoms with van der Waals surface area (Å²) in [6, 6.07) is 12.8. The number of hydrogen-bond donors (Lipinski definition) is 0. The number of fused-ring (bicyclic) bond motifs is 1. The number of halogens is 1. The molecule has 9 heteroatoms. The Bertz CT molecular complexity index is 1280. The lowest BCUT2D eigenvalue weighted by Crippen LogP contribution is -2.22. The van der Waals surface area contributed by atoms with E-state index in [1.54, 1.807) is 48.8 Å². The van der Waals surface area contributed by atoms with E-state index in [4.69, 9.17) is 9.47 Å². The van der Waals surface area contributed by atoms with Gasteiger partial charge < -0.3 is 9.47 Å². The number of hydrogen-bond acceptors (Lipinski definition) is 7. The van der Waals surface area contributed by atoms with Crippen molar-refractivity contribution in [1.29, 1.82) is 0 Å². The molecule has 7 nitrogen and oxygen atoms in total. The Kier molecular flexibility index (Phi) is 6.03. The standard InChI is InChI=1S/C22H18FN3O4S/c1-26-22(28)18-5-3-2-4-17(18)19(25-26)10-21(27)30-11-15-13-31-20(24-15)12-29-16-8-6-14(23)7-9-16/h2-9,13H,10-12H2,1H3. The number of thiazole rings is 1. The lowest BCUT2D eigenvalue weighted by Gasteiger charge is -2.08. The highest BCUT2D eigenvalue weighted by molar-refractivity contribution is 7.09. The lowest BCUT2D eigenvalue weighted by molar-refractivity contribution is -0.144. The van der Waals surface area contributed by atoms with Gasteiger partial charge in [0, 0.05) is 17.8 Å². The first-order chi connectivity index (χ1) is 15.0. The van der Waals surface area contributed by atoms with Crippen molar-refractivity contribution < 1.29 is 18.7 Å². The van der Waals surface area contributed by atoms with E-state index in [2.05, 4.69) is 10.1 Å². The molecule has 0 N–H and O–H groups in total. The number of rotatable bonds is 7. The normalized spacial score (nSPS) is 10.9. The zero-order valence-electron chi connectivity index (χ0n) is 16.6. The van der Waals surface area contributed by atoms with Crippen LogP contribution >= 0.6 is 11.3 Å². The van der Waals surface area contributed by atoms with Gasteiger partial charge in [-0.15, -0.1) is 11.3 Å². The molecule has 0 radical (unpaired) electrons. The first-order valence-electron chi connectivity index (χ1n) is 9.42. The predicted octanol–water partition coefficient (Wildman–Crippen LogP) is 3.39. The van der Waals surface area contributed by atoms with E-state index < -0.39 is 5.97 Å². The molecule has 158 valence electrons. The van der Waals surface area contributed by atoms with Crippen LogP contribution < -0.4 is 10.3 Å². The number of aromatic nitrogens is 3. The maximum atomic E-state index is 12.9. The Morgan fingerprint density at radius 3 is 2.61 bits per heavy atom. The minimum Gasteiger partial charge on any atom is -0.486 e. The zero-order valence-corrected chi connectivity index (χ0v) is 17.4. The summed E-state index contributed by atoms with van der Waals surface area (Å²) in [4.78, 5) is 28.9. The van der Waals surface area contributed by atoms with Gasteiger partial charge in [0.2, 0.25) is 0 Å². The maximum Gasteiger partial charge on any atom is 0.312 e. The molecule has 4 rings (SSSR count). The molecule has 31 heavy (non-hydrogen) atoms. The molecule has 0 aliphatic rings. The van der Waals surface area contributed by atoms with Crippen LogP contribution in [-0.4, -0.2) is 20.7 Å². The van der Waals surface area contributed by atoms with Crippen LogP contribution in [0.15, 0.2) is 58.7 Å². The third kappa shape index (κ3) is 4.95. The van der Waals surface area contributed by atoms with E-state index in [1.807, 2.05) is 0 Å². The Morgan fingerprint density at radius 2 is 1.84 bits per heavy atom. The van der Waals surface area contributed by atoms with Crippen LogP contribution in [0.25, 0.3) is 10.8 Å². The molecule has 2 aromatic heterocycles. The average Bonchev–Trinajstić information content (AvgIpc) is 3.23. The van der Waals surface area contributed by atoms with Crippen LogP contribution in [0.1, 0.15) is 16.4 Å². The molecule has 0 fully saturated rings. The highest BCUT2D eigenvalue weighted by Crippen LogP contribution is 2.17. The summed E-state index contributed by atoms with van der Waals surface area (Å²) in [7, 11) is 1.55. The number of esters is 1. The highest BCUT2D eigenvalue weighted by atomic mass is 32.1. The van der Waals surface area contributed by atoms with Gasteiger partial charge in [0.05, 0.1) is 23.2 Å². The summed E-state index contributed by atoms with van der Waals surface area (Å²) in [5.74, 6) is -0.249. The molecule has 0 aliphatic heterocycles. The van der Waals surface area contributed by atoms with Gasteiger partial charge in [0.25, 0.3) is 5.56 Å². The molecule has 0 spiro atoms. The largest absolute Gasteiger partial charge is 0.486 e. The second-order valence-electron chi connectivity index (χ2n) is 6.73. The van der Waals surface area contributed by atoms with Crippen LogP contribution in [0.5, 0.6) is 5.75 Å². The van der Waals surface area contributed by atoms with Crippen molar-refractivity contribution in [2.45, 2.75) is 19.6 Å². The van der Waals surface area contributed by atoms with Crippen molar-refractivity contribution in [1.82, 2.24) is 14.8 Å². The topological polar surface area (TPSA) is 83.3 Å². The van der Waals surface area contributed by atoms with Crippen LogP contribution in [0.4, 0.5) is 4.39 Å². The Hall–Kier alpha value is -3.59. The number of benzene rings is 2. The number of carbonyl (C=O) groups is 1.